The van der Waals surface area contributed by atoms with Gasteiger partial charge in [-0.3, -0.25) is 4.79 Å². The van der Waals surface area contributed by atoms with Gasteiger partial charge < -0.3 is 15.2 Å². The second-order valence-electron chi connectivity index (χ2n) is 7.47. The Bertz CT molecular complexity index is 1120. The number of hydrogen-bond donors (Lipinski definition) is 2. The van der Waals surface area contributed by atoms with Gasteiger partial charge in [0.1, 0.15) is 5.69 Å². The van der Waals surface area contributed by atoms with Crippen LogP contribution in [0, 0.1) is 20.8 Å². The number of hydrogen-bond acceptors (Lipinski definition) is 5. The highest BCUT2D eigenvalue weighted by molar-refractivity contribution is 6.05. The molecule has 1 aromatic heterocycles. The summed E-state index contributed by atoms with van der Waals surface area (Å²) in [7, 11) is 1.34. The molecular formula is C25H26N2O4. The van der Waals surface area contributed by atoms with E-state index in [9.17, 15) is 14.7 Å². The zero-order valence-electron chi connectivity index (χ0n) is 18.2. The summed E-state index contributed by atoms with van der Waals surface area (Å²) in [6, 6.07) is 14.9. The standard InChI is InChI=1S/C25H26N2O4/c1-15-8-9-21(19-7-5-6-18(14-19)10-11-28)26-23(15)24(29)27-22-16(2)12-20(13-17(22)3)25(30)31-4/h5-9,12-14,28H,10-11H2,1-4H3,(H,27,29). The summed E-state index contributed by atoms with van der Waals surface area (Å²) < 4.78 is 4.78. The molecule has 0 aliphatic carbocycles. The lowest BCUT2D eigenvalue weighted by atomic mass is 10.0. The Morgan fingerprint density at radius 3 is 2.35 bits per heavy atom. The van der Waals surface area contributed by atoms with Crippen LogP contribution < -0.4 is 5.32 Å². The Labute approximate surface area is 181 Å². The lowest BCUT2D eigenvalue weighted by Crippen LogP contribution is -2.17. The van der Waals surface area contributed by atoms with Gasteiger partial charge in [0.2, 0.25) is 0 Å². The molecule has 6 heteroatoms. The normalized spacial score (nSPS) is 10.6. The highest BCUT2D eigenvalue weighted by atomic mass is 16.5. The Morgan fingerprint density at radius 2 is 1.71 bits per heavy atom. The molecule has 0 unspecified atom stereocenters. The van der Waals surface area contributed by atoms with Crippen molar-refractivity contribution in [3.63, 3.8) is 0 Å². The molecule has 0 fully saturated rings. The first-order valence-corrected chi connectivity index (χ1v) is 10.0. The topological polar surface area (TPSA) is 88.5 Å². The molecule has 0 atom stereocenters. The van der Waals surface area contributed by atoms with Gasteiger partial charge in [-0.05, 0) is 73.7 Å². The number of benzene rings is 2. The van der Waals surface area contributed by atoms with Crippen LogP contribution in [0.25, 0.3) is 11.3 Å². The Balaban J connectivity index is 1.92. The van der Waals surface area contributed by atoms with Crippen molar-refractivity contribution in [1.29, 1.82) is 0 Å². The molecule has 6 nitrogen and oxygen atoms in total. The quantitative estimate of drug-likeness (QED) is 0.585. The number of aryl methyl sites for hydroxylation is 3. The van der Waals surface area contributed by atoms with Crippen molar-refractivity contribution < 1.29 is 19.4 Å². The molecule has 0 spiro atoms. The van der Waals surface area contributed by atoms with Gasteiger partial charge in [0.25, 0.3) is 5.91 Å². The summed E-state index contributed by atoms with van der Waals surface area (Å²) >= 11 is 0. The summed E-state index contributed by atoms with van der Waals surface area (Å²) in [6.45, 7) is 5.58. The van der Waals surface area contributed by atoms with E-state index in [0.29, 0.717) is 29.1 Å². The fourth-order valence-corrected chi connectivity index (χ4v) is 3.50. The van der Waals surface area contributed by atoms with E-state index in [1.807, 2.05) is 57.2 Å². The number of amides is 1. The minimum Gasteiger partial charge on any atom is -0.465 e. The van der Waals surface area contributed by atoms with Gasteiger partial charge in [-0.15, -0.1) is 0 Å². The molecule has 0 aliphatic rings. The maximum Gasteiger partial charge on any atom is 0.337 e. The fourth-order valence-electron chi connectivity index (χ4n) is 3.50. The second-order valence-corrected chi connectivity index (χ2v) is 7.47. The maximum atomic E-state index is 13.1. The molecule has 0 saturated carbocycles. The van der Waals surface area contributed by atoms with Crippen LogP contribution in [0.5, 0.6) is 0 Å². The van der Waals surface area contributed by atoms with E-state index >= 15 is 0 Å². The van der Waals surface area contributed by atoms with E-state index in [-0.39, 0.29) is 12.5 Å². The van der Waals surface area contributed by atoms with Gasteiger partial charge in [-0.2, -0.15) is 0 Å². The molecule has 0 saturated heterocycles. The molecule has 1 heterocycles. The van der Waals surface area contributed by atoms with Crippen molar-refractivity contribution in [3.05, 3.63) is 82.0 Å². The molecule has 3 rings (SSSR count). The fraction of sp³-hybridized carbons (Fsp3) is 0.240. The van der Waals surface area contributed by atoms with E-state index in [1.54, 1.807) is 12.1 Å². The van der Waals surface area contributed by atoms with Crippen LogP contribution in [0.15, 0.2) is 48.5 Å². The Kier molecular flexibility index (Phi) is 6.82. The molecule has 3 aromatic rings. The van der Waals surface area contributed by atoms with Crippen LogP contribution in [0.4, 0.5) is 5.69 Å². The molecule has 160 valence electrons. The number of rotatable bonds is 6. The van der Waals surface area contributed by atoms with Gasteiger partial charge >= 0.3 is 5.97 Å². The van der Waals surface area contributed by atoms with Crippen LogP contribution in [0.1, 0.15) is 43.1 Å². The van der Waals surface area contributed by atoms with Crippen LogP contribution in [-0.2, 0) is 11.2 Å². The molecule has 2 N–H and O–H groups in total. The number of esters is 1. The van der Waals surface area contributed by atoms with Crippen LogP contribution in [0.2, 0.25) is 0 Å². The number of nitrogens with zero attached hydrogens (tertiary/aromatic N) is 1. The highest BCUT2D eigenvalue weighted by Crippen LogP contribution is 2.25. The maximum absolute atomic E-state index is 13.1. The van der Waals surface area contributed by atoms with Crippen molar-refractivity contribution in [2.45, 2.75) is 27.2 Å². The molecule has 2 aromatic carbocycles. The predicted molar refractivity (Wildman–Crippen MR) is 120 cm³/mol. The third-order valence-corrected chi connectivity index (χ3v) is 5.13. The number of aromatic nitrogens is 1. The smallest absolute Gasteiger partial charge is 0.337 e. The average Bonchev–Trinajstić information content (AvgIpc) is 2.76. The van der Waals surface area contributed by atoms with Crippen LogP contribution in [0.3, 0.4) is 0 Å². The lowest BCUT2D eigenvalue weighted by molar-refractivity contribution is 0.0600. The molecule has 1 amide bonds. The molecule has 31 heavy (non-hydrogen) atoms. The minimum atomic E-state index is -0.419. The number of aliphatic hydroxyl groups is 1. The van der Waals surface area contributed by atoms with Gasteiger partial charge in [0.15, 0.2) is 0 Å². The van der Waals surface area contributed by atoms with Gasteiger partial charge in [-0.25, -0.2) is 9.78 Å². The molecular weight excluding hydrogens is 392 g/mol. The van der Waals surface area contributed by atoms with Crippen LogP contribution >= 0.6 is 0 Å². The monoisotopic (exact) mass is 418 g/mol. The van der Waals surface area contributed by atoms with Crippen LogP contribution in [-0.4, -0.2) is 35.7 Å². The first-order valence-electron chi connectivity index (χ1n) is 10.0. The van der Waals surface area contributed by atoms with Gasteiger partial charge in [0.05, 0.1) is 18.4 Å². The minimum absolute atomic E-state index is 0.0753. The largest absolute Gasteiger partial charge is 0.465 e. The first-order chi connectivity index (χ1) is 14.8. The Hall–Kier alpha value is -3.51. The SMILES string of the molecule is COC(=O)c1cc(C)c(NC(=O)c2nc(-c3cccc(CCO)c3)ccc2C)c(C)c1. The van der Waals surface area contributed by atoms with E-state index in [0.717, 1.165) is 27.8 Å². The second kappa shape index (κ2) is 9.53. The third kappa shape index (κ3) is 4.98. The highest BCUT2D eigenvalue weighted by Gasteiger charge is 2.17. The Morgan fingerprint density at radius 1 is 1.00 bits per heavy atom. The van der Waals surface area contributed by atoms with Crippen molar-refractivity contribution in [1.82, 2.24) is 4.98 Å². The summed E-state index contributed by atoms with van der Waals surface area (Å²) in [5, 5.41) is 12.1. The zero-order chi connectivity index (χ0) is 22.5. The van der Waals surface area contributed by atoms with Gasteiger partial charge in [-0.1, -0.05) is 24.3 Å². The molecule has 0 radical (unpaired) electrons. The van der Waals surface area contributed by atoms with E-state index < -0.39 is 5.97 Å². The summed E-state index contributed by atoms with van der Waals surface area (Å²) in [6.07, 6.45) is 0.563. The number of anilines is 1. The van der Waals surface area contributed by atoms with Crippen molar-refractivity contribution in [2.24, 2.45) is 0 Å². The van der Waals surface area contributed by atoms with Crippen molar-refractivity contribution >= 4 is 17.6 Å². The average molecular weight is 418 g/mol. The number of pyridine rings is 1. The number of aliphatic hydroxyl groups excluding tert-OH is 1. The summed E-state index contributed by atoms with van der Waals surface area (Å²) in [4.78, 5) is 29.5. The summed E-state index contributed by atoms with van der Waals surface area (Å²) in [5.41, 5.74) is 6.28. The van der Waals surface area contributed by atoms with Crippen molar-refractivity contribution in [3.8, 4) is 11.3 Å². The number of ether oxygens (including phenoxy) is 1. The van der Waals surface area contributed by atoms with E-state index in [1.165, 1.54) is 7.11 Å². The summed E-state index contributed by atoms with van der Waals surface area (Å²) in [5.74, 6) is -0.736. The van der Waals surface area contributed by atoms with Crippen molar-refractivity contribution in [2.75, 3.05) is 19.0 Å². The molecule has 0 aliphatic heterocycles. The zero-order valence-corrected chi connectivity index (χ0v) is 18.2. The third-order valence-electron chi connectivity index (χ3n) is 5.13. The predicted octanol–water partition coefficient (Wildman–Crippen LogP) is 4.25. The number of carbonyl (C=O) groups excluding carboxylic acids is 2. The van der Waals surface area contributed by atoms with Gasteiger partial charge in [0, 0.05) is 17.9 Å². The number of nitrogens with one attached hydrogen (secondary N) is 1. The van der Waals surface area contributed by atoms with E-state index in [4.69, 9.17) is 4.74 Å². The lowest BCUT2D eigenvalue weighted by Gasteiger charge is -2.14. The van der Waals surface area contributed by atoms with E-state index in [2.05, 4.69) is 10.3 Å². The number of methoxy groups -OCH3 is 1. The first kappa shape index (κ1) is 22.2. The molecule has 0 bridgehead atoms. The number of carbonyl (C=O) groups is 2.